The van der Waals surface area contributed by atoms with Crippen LogP contribution in [-0.4, -0.2) is 15.4 Å². The summed E-state index contributed by atoms with van der Waals surface area (Å²) >= 11 is -1.90. The van der Waals surface area contributed by atoms with Gasteiger partial charge in [0.15, 0.2) is 11.1 Å². The highest BCUT2D eigenvalue weighted by Crippen LogP contribution is 2.13. The van der Waals surface area contributed by atoms with Crippen molar-refractivity contribution >= 4 is 11.1 Å². The molecule has 1 aromatic carbocycles. The van der Waals surface area contributed by atoms with Gasteiger partial charge in [0.05, 0.1) is 11.5 Å². The van der Waals surface area contributed by atoms with Gasteiger partial charge in [0.2, 0.25) is 0 Å². The van der Waals surface area contributed by atoms with Crippen molar-refractivity contribution in [3.63, 3.8) is 0 Å². The van der Waals surface area contributed by atoms with Crippen LogP contribution >= 0.6 is 0 Å². The fourth-order valence-corrected chi connectivity index (χ4v) is 1.24. The molecule has 72 valence electrons. The minimum absolute atomic E-state index is 0.392. The molecule has 0 fully saturated rings. The summed E-state index contributed by atoms with van der Waals surface area (Å²) in [4.78, 5) is 0.392. The number of hydrogen-bond donors (Lipinski definition) is 1. The highest BCUT2D eigenvalue weighted by molar-refractivity contribution is 7.79. The Bertz CT molecular complexity index is 281. The smallest absolute Gasteiger partial charge is 0.186 e. The molecule has 13 heavy (non-hydrogen) atoms. The average molecular weight is 200 g/mol. The first-order valence-electron chi connectivity index (χ1n) is 4.07. The van der Waals surface area contributed by atoms with Gasteiger partial charge in [0, 0.05) is 0 Å². The molecule has 1 N–H and O–H groups in total. The van der Waals surface area contributed by atoms with E-state index in [1.165, 1.54) is 0 Å². The summed E-state index contributed by atoms with van der Waals surface area (Å²) in [7, 11) is 0. The summed E-state index contributed by atoms with van der Waals surface area (Å²) in [5.74, 6) is 0.732. The quantitative estimate of drug-likeness (QED) is 0.757. The molecule has 0 spiro atoms. The number of hydrogen-bond acceptors (Lipinski definition) is 2. The molecule has 0 aliphatic rings. The molecule has 1 aromatic rings. The van der Waals surface area contributed by atoms with Crippen molar-refractivity contribution < 1.29 is 13.5 Å². The Morgan fingerprint density at radius 1 is 1.38 bits per heavy atom. The lowest BCUT2D eigenvalue weighted by atomic mass is 10.3. The summed E-state index contributed by atoms with van der Waals surface area (Å²) in [5.41, 5.74) is 0. The van der Waals surface area contributed by atoms with Gasteiger partial charge in [0.1, 0.15) is 5.75 Å². The Labute approximate surface area is 80.0 Å². The third-order valence-corrected chi connectivity index (χ3v) is 2.17. The van der Waals surface area contributed by atoms with E-state index in [9.17, 15) is 4.21 Å². The van der Waals surface area contributed by atoms with Crippen LogP contribution < -0.4 is 4.74 Å². The van der Waals surface area contributed by atoms with Crippen LogP contribution in [0.25, 0.3) is 0 Å². The molecule has 0 radical (unpaired) electrons. The van der Waals surface area contributed by atoms with Crippen LogP contribution in [0.3, 0.4) is 0 Å². The summed E-state index contributed by atoms with van der Waals surface area (Å²) in [6.07, 6.45) is 0.952. The van der Waals surface area contributed by atoms with Crippen LogP contribution in [0.4, 0.5) is 0 Å². The molecule has 0 aromatic heterocycles. The minimum atomic E-state index is -1.90. The maximum absolute atomic E-state index is 10.6. The fourth-order valence-electron chi connectivity index (χ4n) is 0.872. The highest BCUT2D eigenvalue weighted by Gasteiger charge is 1.99. The molecule has 0 saturated heterocycles. The summed E-state index contributed by atoms with van der Waals surface area (Å²) in [6, 6.07) is 6.56. The third-order valence-electron chi connectivity index (χ3n) is 1.50. The first kappa shape index (κ1) is 10.2. The van der Waals surface area contributed by atoms with Crippen molar-refractivity contribution in [2.45, 2.75) is 18.2 Å². The SMILES string of the molecule is CCCOc1ccc(S(=O)O)cc1. The van der Waals surface area contributed by atoms with Crippen molar-refractivity contribution in [1.29, 1.82) is 0 Å². The van der Waals surface area contributed by atoms with Crippen molar-refractivity contribution in [3.8, 4) is 5.75 Å². The molecule has 1 unspecified atom stereocenters. The summed E-state index contributed by atoms with van der Waals surface area (Å²) in [5, 5.41) is 0. The van der Waals surface area contributed by atoms with Gasteiger partial charge in [-0.25, -0.2) is 4.21 Å². The monoisotopic (exact) mass is 200 g/mol. The third kappa shape index (κ3) is 3.16. The van der Waals surface area contributed by atoms with Gasteiger partial charge in [-0.2, -0.15) is 0 Å². The Morgan fingerprint density at radius 3 is 2.46 bits per heavy atom. The van der Waals surface area contributed by atoms with Gasteiger partial charge in [-0.3, -0.25) is 0 Å². The Kier molecular flexibility index (Phi) is 3.92. The molecule has 0 aliphatic heterocycles. The van der Waals surface area contributed by atoms with Crippen LogP contribution in [0.2, 0.25) is 0 Å². The Balaban J connectivity index is 2.64. The Hall–Kier alpha value is -0.870. The Morgan fingerprint density at radius 2 is 2.00 bits per heavy atom. The van der Waals surface area contributed by atoms with E-state index in [1.54, 1.807) is 24.3 Å². The summed E-state index contributed by atoms with van der Waals surface area (Å²) in [6.45, 7) is 2.69. The molecule has 0 aliphatic carbocycles. The topological polar surface area (TPSA) is 46.5 Å². The number of rotatable bonds is 4. The van der Waals surface area contributed by atoms with Crippen LogP contribution in [0, 0.1) is 0 Å². The van der Waals surface area contributed by atoms with Crippen LogP contribution in [0.1, 0.15) is 13.3 Å². The summed E-state index contributed by atoms with van der Waals surface area (Å²) < 4.78 is 24.6. The van der Waals surface area contributed by atoms with Crippen molar-refractivity contribution in [1.82, 2.24) is 0 Å². The second-order valence-corrected chi connectivity index (χ2v) is 3.54. The zero-order chi connectivity index (χ0) is 9.68. The molecule has 0 heterocycles. The number of ether oxygens (including phenoxy) is 1. The predicted octanol–water partition coefficient (Wildman–Crippen LogP) is 2.06. The van der Waals surface area contributed by atoms with E-state index >= 15 is 0 Å². The lowest BCUT2D eigenvalue weighted by Crippen LogP contribution is -1.95. The molecule has 1 rings (SSSR count). The zero-order valence-electron chi connectivity index (χ0n) is 7.40. The van der Waals surface area contributed by atoms with E-state index in [0.717, 1.165) is 12.2 Å². The van der Waals surface area contributed by atoms with Gasteiger partial charge >= 0.3 is 0 Å². The normalized spacial score (nSPS) is 12.5. The second kappa shape index (κ2) is 4.99. The lowest BCUT2D eigenvalue weighted by Gasteiger charge is -2.03. The largest absolute Gasteiger partial charge is 0.494 e. The molecule has 1 atom stereocenters. The predicted molar refractivity (Wildman–Crippen MR) is 51.3 cm³/mol. The van der Waals surface area contributed by atoms with Crippen molar-refractivity contribution in [2.75, 3.05) is 6.61 Å². The average Bonchev–Trinajstić information content (AvgIpc) is 2.15. The van der Waals surface area contributed by atoms with Crippen LogP contribution in [0.5, 0.6) is 5.75 Å². The van der Waals surface area contributed by atoms with Gasteiger partial charge in [0.25, 0.3) is 0 Å². The molecule has 0 saturated carbocycles. The van der Waals surface area contributed by atoms with E-state index in [0.29, 0.717) is 11.5 Å². The van der Waals surface area contributed by atoms with E-state index in [2.05, 4.69) is 0 Å². The molecule has 4 heteroatoms. The first-order valence-corrected chi connectivity index (χ1v) is 5.18. The molecular weight excluding hydrogens is 188 g/mol. The maximum atomic E-state index is 10.6. The molecular formula is C9H12O3S. The molecule has 0 bridgehead atoms. The highest BCUT2D eigenvalue weighted by atomic mass is 32.2. The van der Waals surface area contributed by atoms with E-state index in [4.69, 9.17) is 9.29 Å². The molecule has 3 nitrogen and oxygen atoms in total. The van der Waals surface area contributed by atoms with Crippen LogP contribution in [0.15, 0.2) is 29.2 Å². The zero-order valence-corrected chi connectivity index (χ0v) is 8.21. The van der Waals surface area contributed by atoms with Gasteiger partial charge in [-0.1, -0.05) is 6.92 Å². The van der Waals surface area contributed by atoms with Crippen LogP contribution in [-0.2, 0) is 11.1 Å². The molecule has 0 amide bonds. The van der Waals surface area contributed by atoms with E-state index in [-0.39, 0.29) is 0 Å². The second-order valence-electron chi connectivity index (χ2n) is 2.57. The number of benzene rings is 1. The van der Waals surface area contributed by atoms with Gasteiger partial charge < -0.3 is 9.29 Å². The minimum Gasteiger partial charge on any atom is -0.494 e. The van der Waals surface area contributed by atoms with Crippen molar-refractivity contribution in [3.05, 3.63) is 24.3 Å². The maximum Gasteiger partial charge on any atom is 0.186 e. The first-order chi connectivity index (χ1) is 6.24. The van der Waals surface area contributed by atoms with E-state index in [1.807, 2.05) is 6.92 Å². The van der Waals surface area contributed by atoms with E-state index < -0.39 is 11.1 Å². The fraction of sp³-hybridized carbons (Fsp3) is 0.333. The van der Waals surface area contributed by atoms with Crippen molar-refractivity contribution in [2.24, 2.45) is 0 Å². The van der Waals surface area contributed by atoms with Gasteiger partial charge in [-0.05, 0) is 30.7 Å². The lowest BCUT2D eigenvalue weighted by molar-refractivity contribution is 0.317. The standard InChI is InChI=1S/C9H12O3S/c1-2-7-12-8-3-5-9(6-4-8)13(10)11/h3-6H,2,7H2,1H3,(H,10,11). The van der Waals surface area contributed by atoms with Gasteiger partial charge in [-0.15, -0.1) is 0 Å².